The molecule has 4 nitrogen and oxygen atoms in total. The van der Waals surface area contributed by atoms with Gasteiger partial charge in [0, 0.05) is 0 Å². The summed E-state index contributed by atoms with van der Waals surface area (Å²) in [5, 5.41) is 9.89. The second kappa shape index (κ2) is 5.62. The van der Waals surface area contributed by atoms with Gasteiger partial charge in [0.25, 0.3) is 0 Å². The summed E-state index contributed by atoms with van der Waals surface area (Å²) in [6.45, 7) is 0. The summed E-state index contributed by atoms with van der Waals surface area (Å²) in [6.07, 6.45) is -10.2. The maximum atomic E-state index is 12.5. The van der Waals surface area contributed by atoms with Crippen LogP contribution in [-0.2, 0) is 15.8 Å². The van der Waals surface area contributed by atoms with Crippen LogP contribution >= 0.6 is 0 Å². The molecule has 116 valence electrons. The molecule has 0 spiro atoms. The van der Waals surface area contributed by atoms with E-state index in [1.54, 1.807) is 0 Å². The van der Waals surface area contributed by atoms with E-state index in [0.717, 1.165) is 17.4 Å². The van der Waals surface area contributed by atoms with Crippen LogP contribution < -0.4 is 5.32 Å². The van der Waals surface area contributed by atoms with Crippen molar-refractivity contribution in [3.8, 4) is 0 Å². The first-order valence-electron chi connectivity index (χ1n) is 5.20. The predicted octanol–water partition coefficient (Wildman–Crippen LogP) is 2.51. The Morgan fingerprint density at radius 3 is 2.10 bits per heavy atom. The summed E-state index contributed by atoms with van der Waals surface area (Å²) in [7, 11) is 0. The van der Waals surface area contributed by atoms with Gasteiger partial charge in [0.15, 0.2) is 6.04 Å². The molecule has 1 aromatic carbocycles. The third-order valence-corrected chi connectivity index (χ3v) is 2.33. The SMILES string of the molecule is O=C(O)C(NC(=O)C(F)(F)F)c1cccc(C(F)(F)F)c1. The van der Waals surface area contributed by atoms with Crippen molar-refractivity contribution in [3.63, 3.8) is 0 Å². The lowest BCUT2D eigenvalue weighted by Crippen LogP contribution is -2.41. The summed E-state index contributed by atoms with van der Waals surface area (Å²) in [4.78, 5) is 21.6. The molecule has 0 bridgehead atoms. The third kappa shape index (κ3) is 4.36. The molecule has 0 aliphatic rings. The maximum Gasteiger partial charge on any atom is 0.471 e. The molecule has 1 amide bonds. The Hall–Kier alpha value is -2.26. The van der Waals surface area contributed by atoms with Gasteiger partial charge in [0.2, 0.25) is 0 Å². The van der Waals surface area contributed by atoms with E-state index in [2.05, 4.69) is 0 Å². The molecular weight excluding hydrogens is 308 g/mol. The van der Waals surface area contributed by atoms with Crippen LogP contribution in [0.25, 0.3) is 0 Å². The van der Waals surface area contributed by atoms with Gasteiger partial charge in [-0.1, -0.05) is 12.1 Å². The van der Waals surface area contributed by atoms with Crippen LogP contribution in [0.5, 0.6) is 0 Å². The minimum Gasteiger partial charge on any atom is -0.479 e. The van der Waals surface area contributed by atoms with Crippen molar-refractivity contribution in [1.82, 2.24) is 5.32 Å². The fourth-order valence-electron chi connectivity index (χ4n) is 1.40. The zero-order valence-corrected chi connectivity index (χ0v) is 9.92. The summed E-state index contributed by atoms with van der Waals surface area (Å²) >= 11 is 0. The molecule has 0 saturated heterocycles. The second-order valence-electron chi connectivity index (χ2n) is 3.87. The van der Waals surface area contributed by atoms with Gasteiger partial charge in [0.1, 0.15) is 0 Å². The van der Waals surface area contributed by atoms with Gasteiger partial charge < -0.3 is 10.4 Å². The highest BCUT2D eigenvalue weighted by Crippen LogP contribution is 2.31. The fraction of sp³-hybridized carbons (Fsp3) is 0.273. The molecular formula is C11H7F6NO3. The van der Waals surface area contributed by atoms with E-state index in [1.807, 2.05) is 0 Å². The number of benzene rings is 1. The number of carboxylic acid groups (broad SMARTS) is 1. The Morgan fingerprint density at radius 2 is 1.67 bits per heavy atom. The van der Waals surface area contributed by atoms with Crippen molar-refractivity contribution in [2.24, 2.45) is 0 Å². The molecule has 0 aliphatic heterocycles. The Labute approximate surface area is 113 Å². The molecule has 21 heavy (non-hydrogen) atoms. The molecule has 0 aliphatic carbocycles. The number of amides is 1. The smallest absolute Gasteiger partial charge is 0.471 e. The maximum absolute atomic E-state index is 12.5. The first kappa shape index (κ1) is 16.8. The van der Waals surface area contributed by atoms with Crippen LogP contribution in [0.3, 0.4) is 0 Å². The van der Waals surface area contributed by atoms with E-state index in [-0.39, 0.29) is 0 Å². The monoisotopic (exact) mass is 315 g/mol. The molecule has 1 rings (SSSR count). The van der Waals surface area contributed by atoms with Crippen molar-refractivity contribution in [1.29, 1.82) is 0 Å². The Balaban J connectivity index is 3.13. The number of carbonyl (C=O) groups is 2. The standard InChI is InChI=1S/C11H7F6NO3/c12-10(13,14)6-3-1-2-5(4-6)7(8(19)20)18-9(21)11(15,16)17/h1-4,7H,(H,18,21)(H,19,20). The fourth-order valence-corrected chi connectivity index (χ4v) is 1.40. The van der Waals surface area contributed by atoms with Gasteiger partial charge in [-0.25, -0.2) is 4.79 Å². The van der Waals surface area contributed by atoms with Gasteiger partial charge in [-0.15, -0.1) is 0 Å². The molecule has 1 aromatic rings. The van der Waals surface area contributed by atoms with Crippen LogP contribution in [0.4, 0.5) is 26.3 Å². The normalized spacial score (nSPS) is 13.6. The van der Waals surface area contributed by atoms with Gasteiger partial charge in [0.05, 0.1) is 5.56 Å². The highest BCUT2D eigenvalue weighted by molar-refractivity contribution is 5.87. The van der Waals surface area contributed by atoms with Gasteiger partial charge >= 0.3 is 24.2 Å². The number of nitrogens with one attached hydrogen (secondary N) is 1. The van der Waals surface area contributed by atoms with E-state index in [4.69, 9.17) is 5.11 Å². The first-order chi connectivity index (χ1) is 9.43. The Bertz CT molecular complexity index is 552. The molecule has 0 saturated carbocycles. The van der Waals surface area contributed by atoms with Crippen molar-refractivity contribution < 1.29 is 41.0 Å². The third-order valence-electron chi connectivity index (χ3n) is 2.33. The van der Waals surface area contributed by atoms with Crippen LogP contribution in [-0.4, -0.2) is 23.2 Å². The highest BCUT2D eigenvalue weighted by Gasteiger charge is 2.41. The van der Waals surface area contributed by atoms with Gasteiger partial charge in [-0.3, -0.25) is 4.79 Å². The average Bonchev–Trinajstić information content (AvgIpc) is 2.33. The Kier molecular flexibility index (Phi) is 4.49. The van der Waals surface area contributed by atoms with Crippen molar-refractivity contribution in [2.45, 2.75) is 18.4 Å². The average molecular weight is 315 g/mol. The molecule has 10 heteroatoms. The lowest BCUT2D eigenvalue weighted by molar-refractivity contribution is -0.175. The molecule has 0 aromatic heterocycles. The first-order valence-corrected chi connectivity index (χ1v) is 5.20. The zero-order chi connectivity index (χ0) is 16.4. The molecule has 0 radical (unpaired) electrons. The lowest BCUT2D eigenvalue weighted by Gasteiger charge is -2.17. The van der Waals surface area contributed by atoms with E-state index < -0.39 is 41.4 Å². The van der Waals surface area contributed by atoms with Crippen molar-refractivity contribution in [2.75, 3.05) is 0 Å². The molecule has 0 fully saturated rings. The van der Waals surface area contributed by atoms with Crippen LogP contribution in [0.2, 0.25) is 0 Å². The number of aliphatic carboxylic acids is 1. The number of hydrogen-bond donors (Lipinski definition) is 2. The number of rotatable bonds is 3. The number of hydrogen-bond acceptors (Lipinski definition) is 2. The highest BCUT2D eigenvalue weighted by atomic mass is 19.4. The number of carboxylic acids is 1. The summed E-state index contributed by atoms with van der Waals surface area (Å²) in [6, 6.07) is 0.420. The molecule has 0 heterocycles. The van der Waals surface area contributed by atoms with E-state index >= 15 is 0 Å². The molecule has 2 N–H and O–H groups in total. The molecule has 1 unspecified atom stereocenters. The van der Waals surface area contributed by atoms with E-state index in [1.165, 1.54) is 0 Å². The summed E-state index contributed by atoms with van der Waals surface area (Å²) < 4.78 is 73.6. The van der Waals surface area contributed by atoms with Gasteiger partial charge in [-0.2, -0.15) is 26.3 Å². The number of carbonyl (C=O) groups excluding carboxylic acids is 1. The number of alkyl halides is 6. The zero-order valence-electron chi connectivity index (χ0n) is 9.92. The van der Waals surface area contributed by atoms with Crippen molar-refractivity contribution in [3.05, 3.63) is 35.4 Å². The minimum atomic E-state index is -5.35. The van der Waals surface area contributed by atoms with Crippen molar-refractivity contribution >= 4 is 11.9 Å². The summed E-state index contributed by atoms with van der Waals surface area (Å²) in [5.74, 6) is -4.49. The molecule has 1 atom stereocenters. The largest absolute Gasteiger partial charge is 0.479 e. The number of halogens is 6. The van der Waals surface area contributed by atoms with E-state index in [0.29, 0.717) is 12.1 Å². The summed E-state index contributed by atoms with van der Waals surface area (Å²) in [5.41, 5.74) is -1.87. The minimum absolute atomic E-state index is 0.357. The van der Waals surface area contributed by atoms with E-state index in [9.17, 15) is 35.9 Å². The second-order valence-corrected chi connectivity index (χ2v) is 3.87. The lowest BCUT2D eigenvalue weighted by atomic mass is 10.0. The van der Waals surface area contributed by atoms with Crippen LogP contribution in [0, 0.1) is 0 Å². The topological polar surface area (TPSA) is 66.4 Å². The van der Waals surface area contributed by atoms with Gasteiger partial charge in [-0.05, 0) is 17.7 Å². The Morgan fingerprint density at radius 1 is 1.10 bits per heavy atom. The predicted molar refractivity (Wildman–Crippen MR) is 56.0 cm³/mol. The van der Waals surface area contributed by atoms with Crippen LogP contribution in [0.1, 0.15) is 17.2 Å². The quantitative estimate of drug-likeness (QED) is 0.842. The van der Waals surface area contributed by atoms with Crippen LogP contribution in [0.15, 0.2) is 24.3 Å².